The molecule has 7 nitrogen and oxygen atoms in total. The standard InChI is InChI=1S/C26H28N4O3/c1-3-13-29-14-15-30(25(31)20-10-12-28-24(17-20)33-2)23(26(29)32)16-19-7-4-5-9-22(19)21-8-6-11-27-18-21/h4-12,17-18,23H,3,13-16H2,1-2H3/t23-/m1/s1. The minimum Gasteiger partial charge on any atom is -0.481 e. The number of pyridine rings is 2. The highest BCUT2D eigenvalue weighted by Crippen LogP contribution is 2.27. The zero-order chi connectivity index (χ0) is 23.2. The Hall–Kier alpha value is -3.74. The van der Waals surface area contributed by atoms with Gasteiger partial charge >= 0.3 is 0 Å². The number of nitrogens with zero attached hydrogens (tertiary/aromatic N) is 4. The van der Waals surface area contributed by atoms with Gasteiger partial charge in [0.25, 0.3) is 5.91 Å². The summed E-state index contributed by atoms with van der Waals surface area (Å²) in [5.74, 6) is 0.165. The Balaban J connectivity index is 1.69. The van der Waals surface area contributed by atoms with Gasteiger partial charge in [-0.25, -0.2) is 4.98 Å². The Bertz CT molecular complexity index is 1120. The van der Waals surface area contributed by atoms with Crippen LogP contribution in [0.1, 0.15) is 29.3 Å². The second-order valence-electron chi connectivity index (χ2n) is 8.03. The molecule has 3 heterocycles. The molecule has 3 aromatic rings. The number of aromatic nitrogens is 2. The van der Waals surface area contributed by atoms with E-state index in [0.29, 0.717) is 37.5 Å². The van der Waals surface area contributed by atoms with Gasteiger partial charge in [0.1, 0.15) is 6.04 Å². The predicted molar refractivity (Wildman–Crippen MR) is 126 cm³/mol. The lowest BCUT2D eigenvalue weighted by Gasteiger charge is -2.41. The Kier molecular flexibility index (Phi) is 6.98. The van der Waals surface area contributed by atoms with Crippen LogP contribution in [0.3, 0.4) is 0 Å². The summed E-state index contributed by atoms with van der Waals surface area (Å²) in [5.41, 5.74) is 3.47. The Morgan fingerprint density at radius 3 is 2.73 bits per heavy atom. The molecule has 2 amide bonds. The van der Waals surface area contributed by atoms with Crippen molar-refractivity contribution in [2.24, 2.45) is 0 Å². The molecule has 1 aromatic carbocycles. The molecule has 2 aromatic heterocycles. The molecule has 1 aliphatic rings. The first kappa shape index (κ1) is 22.5. The van der Waals surface area contributed by atoms with Crippen LogP contribution >= 0.6 is 0 Å². The van der Waals surface area contributed by atoms with Crippen molar-refractivity contribution in [2.75, 3.05) is 26.7 Å². The van der Waals surface area contributed by atoms with Gasteiger partial charge in [-0.15, -0.1) is 0 Å². The molecule has 4 rings (SSSR count). The molecule has 0 aliphatic carbocycles. The molecule has 1 saturated heterocycles. The summed E-state index contributed by atoms with van der Waals surface area (Å²) >= 11 is 0. The van der Waals surface area contributed by atoms with Crippen LogP contribution in [0.5, 0.6) is 5.88 Å². The van der Waals surface area contributed by atoms with E-state index in [1.54, 1.807) is 29.4 Å². The molecule has 1 fully saturated rings. The Morgan fingerprint density at radius 2 is 1.97 bits per heavy atom. The monoisotopic (exact) mass is 444 g/mol. The number of hydrogen-bond donors (Lipinski definition) is 0. The minimum absolute atomic E-state index is 0.0153. The maximum absolute atomic E-state index is 13.5. The summed E-state index contributed by atoms with van der Waals surface area (Å²) in [5, 5.41) is 0. The van der Waals surface area contributed by atoms with Crippen molar-refractivity contribution in [1.29, 1.82) is 0 Å². The number of carbonyl (C=O) groups is 2. The van der Waals surface area contributed by atoms with Crippen LogP contribution in [0.4, 0.5) is 0 Å². The van der Waals surface area contributed by atoms with Crippen molar-refractivity contribution in [2.45, 2.75) is 25.8 Å². The molecule has 170 valence electrons. The van der Waals surface area contributed by atoms with Gasteiger partial charge in [0.05, 0.1) is 7.11 Å². The second-order valence-corrected chi connectivity index (χ2v) is 8.03. The largest absolute Gasteiger partial charge is 0.481 e. The van der Waals surface area contributed by atoms with Gasteiger partial charge in [0.2, 0.25) is 11.8 Å². The third-order valence-corrected chi connectivity index (χ3v) is 5.93. The highest BCUT2D eigenvalue weighted by molar-refractivity contribution is 5.98. The molecule has 33 heavy (non-hydrogen) atoms. The van der Waals surface area contributed by atoms with E-state index in [1.807, 2.05) is 47.5 Å². The summed E-state index contributed by atoms with van der Waals surface area (Å²) in [6.45, 7) is 3.75. The van der Waals surface area contributed by atoms with Crippen molar-refractivity contribution in [3.8, 4) is 17.0 Å². The first-order chi connectivity index (χ1) is 16.1. The first-order valence-electron chi connectivity index (χ1n) is 11.2. The quantitative estimate of drug-likeness (QED) is 0.558. The van der Waals surface area contributed by atoms with E-state index in [0.717, 1.165) is 23.1 Å². The molecular formula is C26H28N4O3. The molecule has 0 spiro atoms. The van der Waals surface area contributed by atoms with Gasteiger partial charge < -0.3 is 14.5 Å². The van der Waals surface area contributed by atoms with E-state index < -0.39 is 6.04 Å². The summed E-state index contributed by atoms with van der Waals surface area (Å²) in [7, 11) is 1.52. The van der Waals surface area contributed by atoms with E-state index >= 15 is 0 Å². The molecule has 0 saturated carbocycles. The molecule has 1 atom stereocenters. The fraction of sp³-hybridized carbons (Fsp3) is 0.308. The molecule has 0 bridgehead atoms. The average molecular weight is 445 g/mol. The molecule has 0 radical (unpaired) electrons. The number of amides is 2. The van der Waals surface area contributed by atoms with Gasteiger partial charge in [-0.3, -0.25) is 14.6 Å². The summed E-state index contributed by atoms with van der Waals surface area (Å²) < 4.78 is 5.19. The summed E-state index contributed by atoms with van der Waals surface area (Å²) in [4.78, 5) is 38.9. The van der Waals surface area contributed by atoms with E-state index in [-0.39, 0.29) is 11.8 Å². The zero-order valence-electron chi connectivity index (χ0n) is 19.0. The van der Waals surface area contributed by atoms with E-state index in [9.17, 15) is 9.59 Å². The number of hydrogen-bond acceptors (Lipinski definition) is 5. The van der Waals surface area contributed by atoms with Crippen LogP contribution in [0, 0.1) is 0 Å². The minimum atomic E-state index is -0.588. The third kappa shape index (κ3) is 4.87. The number of carbonyl (C=O) groups excluding carboxylic acids is 2. The zero-order valence-corrected chi connectivity index (χ0v) is 19.0. The van der Waals surface area contributed by atoms with Crippen molar-refractivity contribution in [3.63, 3.8) is 0 Å². The number of ether oxygens (including phenoxy) is 1. The van der Waals surface area contributed by atoms with Crippen molar-refractivity contribution in [3.05, 3.63) is 78.2 Å². The fourth-order valence-electron chi connectivity index (χ4n) is 4.30. The lowest BCUT2D eigenvalue weighted by Crippen LogP contribution is -2.59. The SMILES string of the molecule is CCCN1CCN(C(=O)c2ccnc(OC)c2)[C@H](Cc2ccccc2-c2cccnc2)C1=O. The van der Waals surface area contributed by atoms with Crippen LogP contribution in [-0.2, 0) is 11.2 Å². The number of rotatable bonds is 7. The van der Waals surface area contributed by atoms with E-state index in [2.05, 4.69) is 16.9 Å². The van der Waals surface area contributed by atoms with E-state index in [4.69, 9.17) is 4.74 Å². The molecule has 0 unspecified atom stereocenters. The summed E-state index contributed by atoms with van der Waals surface area (Å²) in [6.07, 6.45) is 6.41. The highest BCUT2D eigenvalue weighted by atomic mass is 16.5. The summed E-state index contributed by atoms with van der Waals surface area (Å²) in [6, 6.07) is 14.6. The number of piperazine rings is 1. The topological polar surface area (TPSA) is 75.6 Å². The Morgan fingerprint density at radius 1 is 1.12 bits per heavy atom. The molecular weight excluding hydrogens is 416 g/mol. The maximum Gasteiger partial charge on any atom is 0.254 e. The van der Waals surface area contributed by atoms with Crippen LogP contribution in [-0.4, -0.2) is 64.4 Å². The highest BCUT2D eigenvalue weighted by Gasteiger charge is 2.38. The first-order valence-corrected chi connectivity index (χ1v) is 11.2. The van der Waals surface area contributed by atoms with Gasteiger partial charge in [0.15, 0.2) is 0 Å². The normalized spacial score (nSPS) is 16.1. The van der Waals surface area contributed by atoms with Crippen LogP contribution < -0.4 is 4.74 Å². The number of benzene rings is 1. The maximum atomic E-state index is 13.5. The lowest BCUT2D eigenvalue weighted by molar-refractivity contribution is -0.140. The Labute approximate surface area is 194 Å². The molecule has 0 N–H and O–H groups in total. The number of methoxy groups -OCH3 is 1. The van der Waals surface area contributed by atoms with Gasteiger partial charge in [0, 0.05) is 61.8 Å². The van der Waals surface area contributed by atoms with E-state index in [1.165, 1.54) is 7.11 Å². The smallest absolute Gasteiger partial charge is 0.254 e. The van der Waals surface area contributed by atoms with Gasteiger partial charge in [-0.05, 0) is 29.7 Å². The van der Waals surface area contributed by atoms with Gasteiger partial charge in [-0.2, -0.15) is 0 Å². The van der Waals surface area contributed by atoms with Crippen LogP contribution in [0.25, 0.3) is 11.1 Å². The second kappa shape index (κ2) is 10.3. The van der Waals surface area contributed by atoms with Crippen LogP contribution in [0.15, 0.2) is 67.1 Å². The lowest BCUT2D eigenvalue weighted by atomic mass is 9.93. The average Bonchev–Trinajstić information content (AvgIpc) is 2.87. The molecule has 7 heteroatoms. The van der Waals surface area contributed by atoms with Crippen molar-refractivity contribution < 1.29 is 14.3 Å². The fourth-order valence-corrected chi connectivity index (χ4v) is 4.30. The van der Waals surface area contributed by atoms with Gasteiger partial charge in [-0.1, -0.05) is 37.3 Å². The van der Waals surface area contributed by atoms with Crippen molar-refractivity contribution in [1.82, 2.24) is 19.8 Å². The third-order valence-electron chi connectivity index (χ3n) is 5.93. The van der Waals surface area contributed by atoms with Crippen LogP contribution in [0.2, 0.25) is 0 Å². The molecule has 1 aliphatic heterocycles. The van der Waals surface area contributed by atoms with Crippen molar-refractivity contribution >= 4 is 11.8 Å². The predicted octanol–water partition coefficient (Wildman–Crippen LogP) is 3.46.